The van der Waals surface area contributed by atoms with Crippen LogP contribution in [0.5, 0.6) is 0 Å². The van der Waals surface area contributed by atoms with Crippen LogP contribution in [0.4, 0.5) is 4.79 Å². The van der Waals surface area contributed by atoms with Crippen molar-refractivity contribution in [3.05, 3.63) is 59.7 Å². The van der Waals surface area contributed by atoms with E-state index >= 15 is 0 Å². The number of amides is 2. The van der Waals surface area contributed by atoms with Crippen molar-refractivity contribution in [3.8, 4) is 11.1 Å². The number of fused-ring (bicyclic) bond motifs is 3. The molecule has 2 N–H and O–H groups in total. The van der Waals surface area contributed by atoms with Crippen molar-refractivity contribution in [2.24, 2.45) is 5.92 Å². The summed E-state index contributed by atoms with van der Waals surface area (Å²) in [5.41, 5.74) is 4.73. The first-order chi connectivity index (χ1) is 16.9. The van der Waals surface area contributed by atoms with Crippen molar-refractivity contribution >= 4 is 18.0 Å². The number of nitrogens with one attached hydrogen (secondary N) is 1. The lowest BCUT2D eigenvalue weighted by molar-refractivity contribution is -0.142. The Bertz CT molecular complexity index is 1020. The summed E-state index contributed by atoms with van der Waals surface area (Å²) < 4.78 is 5.58. The first-order valence-corrected chi connectivity index (χ1v) is 12.5. The van der Waals surface area contributed by atoms with Gasteiger partial charge in [0.25, 0.3) is 0 Å². The molecule has 0 aromatic heterocycles. The van der Waals surface area contributed by atoms with Crippen molar-refractivity contribution < 1.29 is 24.2 Å². The topological polar surface area (TPSA) is 95.9 Å². The zero-order valence-corrected chi connectivity index (χ0v) is 20.2. The second-order valence-electron chi connectivity index (χ2n) is 9.68. The van der Waals surface area contributed by atoms with Gasteiger partial charge in [0.05, 0.1) is 6.42 Å². The number of rotatable bonds is 9. The molecule has 7 nitrogen and oxygen atoms in total. The average molecular weight is 479 g/mol. The highest BCUT2D eigenvalue weighted by Gasteiger charge is 2.30. The number of hydrogen-bond donors (Lipinski definition) is 2. The quantitative estimate of drug-likeness (QED) is 0.540. The number of carboxylic acids is 1. The Labute approximate surface area is 206 Å². The molecule has 1 heterocycles. The summed E-state index contributed by atoms with van der Waals surface area (Å²) in [6, 6.07) is 16.2. The van der Waals surface area contributed by atoms with Gasteiger partial charge in [0, 0.05) is 31.5 Å². The number of piperidine rings is 1. The molecule has 2 amide bonds. The number of likely N-dealkylation sites (tertiary alicyclic amines) is 1. The number of carbonyl (C=O) groups excluding carboxylic acids is 2. The standard InChI is InChI=1S/C28H34N2O5/c1-19(13-14-26(31)30-15-7-6-8-20(30)16-27(32)33)17-29-28(34)35-18-25-23-11-4-2-9-21(23)22-10-3-5-12-24(22)25/h2-5,9-12,19-20,25H,6-8,13-18H2,1H3,(H,29,34)(H,32,33)/t19?,20-/m1/s1. The SMILES string of the molecule is CC(CCC(=O)N1CCCC[C@@H]1CC(=O)O)CNC(=O)OCC1c2ccccc2-c2ccccc21. The fourth-order valence-corrected chi connectivity index (χ4v) is 5.27. The minimum Gasteiger partial charge on any atom is -0.481 e. The number of carbonyl (C=O) groups is 3. The highest BCUT2D eigenvalue weighted by atomic mass is 16.5. The molecule has 1 aliphatic carbocycles. The maximum atomic E-state index is 12.7. The Balaban J connectivity index is 1.22. The monoisotopic (exact) mass is 478 g/mol. The van der Waals surface area contributed by atoms with Crippen molar-refractivity contribution in [1.29, 1.82) is 0 Å². The molecule has 0 bridgehead atoms. The van der Waals surface area contributed by atoms with Crippen LogP contribution in [0.1, 0.15) is 62.5 Å². The van der Waals surface area contributed by atoms with Crippen LogP contribution in [0.2, 0.25) is 0 Å². The second-order valence-corrected chi connectivity index (χ2v) is 9.68. The lowest BCUT2D eigenvalue weighted by Gasteiger charge is -2.35. The maximum absolute atomic E-state index is 12.7. The van der Waals surface area contributed by atoms with E-state index in [9.17, 15) is 14.4 Å². The predicted octanol–water partition coefficient (Wildman–Crippen LogP) is 4.80. The van der Waals surface area contributed by atoms with Gasteiger partial charge in [-0.1, -0.05) is 55.5 Å². The highest BCUT2D eigenvalue weighted by Crippen LogP contribution is 2.44. The van der Waals surface area contributed by atoms with Gasteiger partial charge < -0.3 is 20.1 Å². The summed E-state index contributed by atoms with van der Waals surface area (Å²) in [5.74, 6) is -0.743. The molecule has 7 heteroatoms. The molecule has 0 spiro atoms. The van der Waals surface area contributed by atoms with E-state index in [1.54, 1.807) is 4.90 Å². The molecule has 4 rings (SSSR count). The molecular weight excluding hydrogens is 444 g/mol. The lowest BCUT2D eigenvalue weighted by Crippen LogP contribution is -2.44. The van der Waals surface area contributed by atoms with E-state index in [0.717, 1.165) is 19.3 Å². The van der Waals surface area contributed by atoms with E-state index in [4.69, 9.17) is 9.84 Å². The highest BCUT2D eigenvalue weighted by molar-refractivity contribution is 5.79. The van der Waals surface area contributed by atoms with Gasteiger partial charge in [-0.2, -0.15) is 0 Å². The van der Waals surface area contributed by atoms with Gasteiger partial charge in [-0.15, -0.1) is 0 Å². The van der Waals surface area contributed by atoms with Crippen LogP contribution in [0.3, 0.4) is 0 Å². The summed E-state index contributed by atoms with van der Waals surface area (Å²) in [6.07, 6.45) is 3.15. The molecule has 1 fully saturated rings. The fourth-order valence-electron chi connectivity index (χ4n) is 5.27. The van der Waals surface area contributed by atoms with E-state index < -0.39 is 12.1 Å². The first-order valence-electron chi connectivity index (χ1n) is 12.5. The fraction of sp³-hybridized carbons (Fsp3) is 0.464. The van der Waals surface area contributed by atoms with Crippen molar-refractivity contribution in [1.82, 2.24) is 10.2 Å². The summed E-state index contributed by atoms with van der Waals surface area (Å²) in [5, 5.41) is 12.0. The van der Waals surface area contributed by atoms with Crippen LogP contribution in [-0.4, -0.2) is 53.7 Å². The maximum Gasteiger partial charge on any atom is 0.407 e. The predicted molar refractivity (Wildman–Crippen MR) is 133 cm³/mol. The zero-order valence-electron chi connectivity index (χ0n) is 20.2. The van der Waals surface area contributed by atoms with Crippen LogP contribution in [0, 0.1) is 5.92 Å². The van der Waals surface area contributed by atoms with Gasteiger partial charge in [0.1, 0.15) is 6.61 Å². The zero-order chi connectivity index (χ0) is 24.8. The molecule has 1 saturated heterocycles. The molecule has 1 unspecified atom stereocenters. The van der Waals surface area contributed by atoms with Crippen LogP contribution >= 0.6 is 0 Å². The van der Waals surface area contributed by atoms with Gasteiger partial charge in [-0.25, -0.2) is 4.79 Å². The Morgan fingerprint density at radius 1 is 1.06 bits per heavy atom. The average Bonchev–Trinajstić information content (AvgIpc) is 3.18. The largest absolute Gasteiger partial charge is 0.481 e. The third-order valence-corrected chi connectivity index (χ3v) is 7.15. The van der Waals surface area contributed by atoms with Gasteiger partial charge in [0.15, 0.2) is 0 Å². The molecule has 2 aromatic rings. The van der Waals surface area contributed by atoms with E-state index in [0.29, 0.717) is 25.9 Å². The molecule has 2 aliphatic rings. The Morgan fingerprint density at radius 2 is 1.71 bits per heavy atom. The lowest BCUT2D eigenvalue weighted by atomic mass is 9.97. The second kappa shape index (κ2) is 11.4. The number of nitrogens with zero attached hydrogens (tertiary/aromatic N) is 1. The number of alkyl carbamates (subject to hydrolysis) is 1. The smallest absolute Gasteiger partial charge is 0.407 e. The molecule has 0 saturated carbocycles. The summed E-state index contributed by atoms with van der Waals surface area (Å²) in [6.45, 7) is 3.31. The van der Waals surface area contributed by atoms with E-state index in [-0.39, 0.29) is 36.8 Å². The van der Waals surface area contributed by atoms with E-state index in [1.807, 2.05) is 31.2 Å². The molecule has 35 heavy (non-hydrogen) atoms. The molecule has 1 aliphatic heterocycles. The van der Waals surface area contributed by atoms with Crippen LogP contribution < -0.4 is 5.32 Å². The van der Waals surface area contributed by atoms with Gasteiger partial charge in [0.2, 0.25) is 5.91 Å². The van der Waals surface area contributed by atoms with Crippen LogP contribution in [0.15, 0.2) is 48.5 Å². The van der Waals surface area contributed by atoms with Gasteiger partial charge in [-0.05, 0) is 53.9 Å². The normalized spacial score (nSPS) is 17.9. The number of benzene rings is 2. The van der Waals surface area contributed by atoms with Crippen LogP contribution in [-0.2, 0) is 14.3 Å². The van der Waals surface area contributed by atoms with Crippen molar-refractivity contribution in [3.63, 3.8) is 0 Å². The third kappa shape index (κ3) is 6.02. The minimum absolute atomic E-state index is 0.00365. The Morgan fingerprint density at radius 3 is 2.37 bits per heavy atom. The number of ether oxygens (including phenoxy) is 1. The Hall–Kier alpha value is -3.35. The molecular formula is C28H34N2O5. The minimum atomic E-state index is -0.865. The van der Waals surface area contributed by atoms with Crippen molar-refractivity contribution in [2.75, 3.05) is 19.7 Å². The summed E-state index contributed by atoms with van der Waals surface area (Å²) in [4.78, 5) is 38.0. The number of carboxylic acid groups (broad SMARTS) is 1. The molecule has 186 valence electrons. The summed E-state index contributed by atoms with van der Waals surface area (Å²) >= 11 is 0. The summed E-state index contributed by atoms with van der Waals surface area (Å²) in [7, 11) is 0. The van der Waals surface area contributed by atoms with Gasteiger partial charge >= 0.3 is 12.1 Å². The first kappa shape index (κ1) is 24.8. The van der Waals surface area contributed by atoms with Crippen LogP contribution in [0.25, 0.3) is 11.1 Å². The van der Waals surface area contributed by atoms with E-state index in [1.165, 1.54) is 22.3 Å². The third-order valence-electron chi connectivity index (χ3n) is 7.15. The molecule has 2 atom stereocenters. The number of hydrogen-bond acceptors (Lipinski definition) is 4. The van der Waals surface area contributed by atoms with Gasteiger partial charge in [-0.3, -0.25) is 9.59 Å². The number of aliphatic carboxylic acids is 1. The van der Waals surface area contributed by atoms with Crippen molar-refractivity contribution in [2.45, 2.75) is 57.4 Å². The van der Waals surface area contributed by atoms with E-state index in [2.05, 4.69) is 29.6 Å². The Kier molecular flexibility index (Phi) is 8.06. The molecule has 0 radical (unpaired) electrons. The molecule has 2 aromatic carbocycles.